The molecule has 0 spiro atoms. The highest BCUT2D eigenvalue weighted by atomic mass is 16.2. The molecule has 1 amide bonds. The molecule has 0 atom stereocenters. The molecule has 2 rings (SSSR count). The van der Waals surface area contributed by atoms with Crippen LogP contribution in [0.4, 0.5) is 0 Å². The maximum Gasteiger partial charge on any atom is 0.219 e. The number of amides is 1. The molecule has 0 saturated carbocycles. The quantitative estimate of drug-likeness (QED) is 0.880. The second-order valence-corrected chi connectivity index (χ2v) is 4.91. The lowest BCUT2D eigenvalue weighted by molar-refractivity contribution is -0.129. The molecular formula is C14H21N3O. The normalized spacial score (nSPS) is 16.9. The number of aryl methyl sites for hydroxylation is 1. The topological polar surface area (TPSA) is 45.2 Å². The third kappa shape index (κ3) is 3.29. The number of piperidine rings is 1. The summed E-state index contributed by atoms with van der Waals surface area (Å²) in [6, 6.07) is 4.60. The number of hydrogen-bond donors (Lipinski definition) is 1. The first-order valence-electron chi connectivity index (χ1n) is 6.56. The second-order valence-electron chi connectivity index (χ2n) is 4.91. The number of carbonyl (C=O) groups excluding carboxylic acids is 1. The Hall–Kier alpha value is -1.42. The molecule has 1 fully saturated rings. The van der Waals surface area contributed by atoms with Crippen LogP contribution in [0.5, 0.6) is 0 Å². The Bertz CT molecular complexity index is 411. The van der Waals surface area contributed by atoms with Gasteiger partial charge in [-0.15, -0.1) is 0 Å². The maximum atomic E-state index is 11.2. The van der Waals surface area contributed by atoms with Crippen molar-refractivity contribution in [3.05, 3.63) is 29.6 Å². The molecule has 4 heteroatoms. The monoisotopic (exact) mass is 247 g/mol. The van der Waals surface area contributed by atoms with Crippen molar-refractivity contribution in [1.29, 1.82) is 0 Å². The van der Waals surface area contributed by atoms with E-state index < -0.39 is 0 Å². The fourth-order valence-corrected chi connectivity index (χ4v) is 2.36. The Labute approximate surface area is 108 Å². The van der Waals surface area contributed by atoms with Crippen molar-refractivity contribution in [3.63, 3.8) is 0 Å². The summed E-state index contributed by atoms with van der Waals surface area (Å²) in [5.41, 5.74) is 2.35. The minimum absolute atomic E-state index is 0.191. The maximum absolute atomic E-state index is 11.2. The minimum atomic E-state index is 0.191. The van der Waals surface area contributed by atoms with Gasteiger partial charge in [0.2, 0.25) is 5.91 Å². The predicted molar refractivity (Wildman–Crippen MR) is 71.1 cm³/mol. The van der Waals surface area contributed by atoms with Crippen LogP contribution < -0.4 is 5.32 Å². The van der Waals surface area contributed by atoms with Gasteiger partial charge in [0.1, 0.15) is 0 Å². The predicted octanol–water partition coefficient (Wildman–Crippen LogP) is 1.49. The first-order valence-corrected chi connectivity index (χ1v) is 6.56. The van der Waals surface area contributed by atoms with Gasteiger partial charge in [-0.1, -0.05) is 6.07 Å². The van der Waals surface area contributed by atoms with Crippen LogP contribution in [0.3, 0.4) is 0 Å². The molecule has 1 aromatic rings. The molecule has 0 aliphatic carbocycles. The molecule has 4 nitrogen and oxygen atoms in total. The fourth-order valence-electron chi connectivity index (χ4n) is 2.36. The zero-order valence-electron chi connectivity index (χ0n) is 11.1. The average Bonchev–Trinajstić information content (AvgIpc) is 2.38. The number of aromatic nitrogens is 1. The van der Waals surface area contributed by atoms with Crippen LogP contribution in [-0.2, 0) is 11.3 Å². The van der Waals surface area contributed by atoms with Gasteiger partial charge in [0, 0.05) is 44.5 Å². The molecule has 1 aromatic heterocycles. The zero-order valence-corrected chi connectivity index (χ0v) is 11.1. The van der Waals surface area contributed by atoms with Gasteiger partial charge in [-0.3, -0.25) is 9.78 Å². The van der Waals surface area contributed by atoms with Gasteiger partial charge in [-0.25, -0.2) is 0 Å². The molecule has 0 unspecified atom stereocenters. The van der Waals surface area contributed by atoms with E-state index in [1.54, 1.807) is 6.92 Å². The molecule has 1 saturated heterocycles. The number of likely N-dealkylation sites (tertiary alicyclic amines) is 1. The van der Waals surface area contributed by atoms with Gasteiger partial charge in [0.15, 0.2) is 0 Å². The second kappa shape index (κ2) is 5.96. The Morgan fingerprint density at radius 3 is 2.83 bits per heavy atom. The van der Waals surface area contributed by atoms with E-state index in [2.05, 4.69) is 16.4 Å². The highest BCUT2D eigenvalue weighted by Crippen LogP contribution is 2.12. The molecule has 18 heavy (non-hydrogen) atoms. The van der Waals surface area contributed by atoms with Gasteiger partial charge in [-0.05, 0) is 31.4 Å². The van der Waals surface area contributed by atoms with Crippen molar-refractivity contribution in [3.8, 4) is 0 Å². The third-order valence-corrected chi connectivity index (χ3v) is 3.64. The molecule has 1 aliphatic rings. The van der Waals surface area contributed by atoms with E-state index in [1.807, 2.05) is 24.1 Å². The first kappa shape index (κ1) is 13.0. The number of nitrogens with one attached hydrogen (secondary N) is 1. The molecule has 1 aliphatic heterocycles. The van der Waals surface area contributed by atoms with E-state index >= 15 is 0 Å². The number of nitrogens with zero attached hydrogens (tertiary/aromatic N) is 2. The van der Waals surface area contributed by atoms with Gasteiger partial charge >= 0.3 is 0 Å². The number of rotatable bonds is 3. The van der Waals surface area contributed by atoms with E-state index in [4.69, 9.17) is 0 Å². The highest BCUT2D eigenvalue weighted by Gasteiger charge is 2.20. The summed E-state index contributed by atoms with van der Waals surface area (Å²) in [6.07, 6.45) is 3.90. The van der Waals surface area contributed by atoms with Crippen molar-refractivity contribution >= 4 is 5.91 Å². The Morgan fingerprint density at radius 1 is 1.50 bits per heavy atom. The van der Waals surface area contributed by atoms with Crippen LogP contribution in [0.25, 0.3) is 0 Å². The van der Waals surface area contributed by atoms with Crippen molar-refractivity contribution in [1.82, 2.24) is 15.2 Å². The Kier molecular flexibility index (Phi) is 4.31. The summed E-state index contributed by atoms with van der Waals surface area (Å²) >= 11 is 0. The van der Waals surface area contributed by atoms with E-state index in [0.29, 0.717) is 6.04 Å². The van der Waals surface area contributed by atoms with Crippen LogP contribution in [-0.4, -0.2) is 34.9 Å². The van der Waals surface area contributed by atoms with E-state index in [9.17, 15) is 4.79 Å². The summed E-state index contributed by atoms with van der Waals surface area (Å²) < 4.78 is 0. The first-order chi connectivity index (χ1) is 8.66. The van der Waals surface area contributed by atoms with Crippen LogP contribution in [0, 0.1) is 6.92 Å². The third-order valence-electron chi connectivity index (χ3n) is 3.64. The van der Waals surface area contributed by atoms with Crippen molar-refractivity contribution in [2.75, 3.05) is 13.1 Å². The van der Waals surface area contributed by atoms with Crippen LogP contribution in [0.2, 0.25) is 0 Å². The van der Waals surface area contributed by atoms with Gasteiger partial charge in [0.25, 0.3) is 0 Å². The summed E-state index contributed by atoms with van der Waals surface area (Å²) in [5.74, 6) is 0.191. The largest absolute Gasteiger partial charge is 0.343 e. The van der Waals surface area contributed by atoms with Crippen molar-refractivity contribution in [2.24, 2.45) is 0 Å². The molecule has 0 bridgehead atoms. The molecule has 0 radical (unpaired) electrons. The van der Waals surface area contributed by atoms with Crippen LogP contribution in [0.15, 0.2) is 18.3 Å². The van der Waals surface area contributed by atoms with Gasteiger partial charge < -0.3 is 10.2 Å². The smallest absolute Gasteiger partial charge is 0.219 e. The lowest BCUT2D eigenvalue weighted by Crippen LogP contribution is -2.44. The fraction of sp³-hybridized carbons (Fsp3) is 0.571. The Morgan fingerprint density at radius 2 is 2.22 bits per heavy atom. The lowest BCUT2D eigenvalue weighted by Gasteiger charge is -2.31. The number of hydrogen-bond acceptors (Lipinski definition) is 3. The Balaban J connectivity index is 1.79. The molecule has 2 heterocycles. The van der Waals surface area contributed by atoms with Gasteiger partial charge in [0.05, 0.1) is 0 Å². The van der Waals surface area contributed by atoms with E-state index in [-0.39, 0.29) is 5.91 Å². The van der Waals surface area contributed by atoms with Gasteiger partial charge in [-0.2, -0.15) is 0 Å². The van der Waals surface area contributed by atoms with Crippen LogP contribution >= 0.6 is 0 Å². The lowest BCUT2D eigenvalue weighted by atomic mass is 10.0. The number of carbonyl (C=O) groups is 1. The SMILES string of the molecule is CC(=O)N1CCC(NCc2cccnc2C)CC1. The van der Waals surface area contributed by atoms with Crippen LogP contribution in [0.1, 0.15) is 31.0 Å². The standard InChI is InChI=1S/C14H21N3O/c1-11-13(4-3-7-15-11)10-16-14-5-8-17(9-6-14)12(2)18/h3-4,7,14,16H,5-6,8-10H2,1-2H3. The summed E-state index contributed by atoms with van der Waals surface area (Å²) in [6.45, 7) is 6.30. The molecular weight excluding hydrogens is 226 g/mol. The molecule has 1 N–H and O–H groups in total. The zero-order chi connectivity index (χ0) is 13.0. The summed E-state index contributed by atoms with van der Waals surface area (Å²) in [7, 11) is 0. The molecule has 98 valence electrons. The average molecular weight is 247 g/mol. The highest BCUT2D eigenvalue weighted by molar-refractivity contribution is 5.73. The van der Waals surface area contributed by atoms with E-state index in [0.717, 1.165) is 38.2 Å². The van der Waals surface area contributed by atoms with Crippen molar-refractivity contribution < 1.29 is 4.79 Å². The van der Waals surface area contributed by atoms with Crippen molar-refractivity contribution in [2.45, 2.75) is 39.3 Å². The minimum Gasteiger partial charge on any atom is -0.343 e. The molecule has 0 aromatic carbocycles. The number of pyridine rings is 1. The van der Waals surface area contributed by atoms with E-state index in [1.165, 1.54) is 5.56 Å². The summed E-state index contributed by atoms with van der Waals surface area (Å²) in [4.78, 5) is 17.4. The summed E-state index contributed by atoms with van der Waals surface area (Å²) in [5, 5.41) is 3.56.